The first-order valence-electron chi connectivity index (χ1n) is 8.92. The van der Waals surface area contributed by atoms with Crippen LogP contribution >= 0.6 is 0 Å². The lowest BCUT2D eigenvalue weighted by molar-refractivity contribution is 0.213. The molecule has 132 valence electrons. The second-order valence-electron chi connectivity index (χ2n) is 6.65. The molecule has 0 amide bonds. The fraction of sp³-hybridized carbons (Fsp3) is 0.556. The Kier molecular flexibility index (Phi) is 4.63. The Balaban J connectivity index is 1.29. The van der Waals surface area contributed by atoms with Crippen LogP contribution < -0.4 is 14.4 Å². The van der Waals surface area contributed by atoms with Crippen LogP contribution in [0.25, 0.3) is 0 Å². The van der Waals surface area contributed by atoms with Gasteiger partial charge in [-0.1, -0.05) is 0 Å². The summed E-state index contributed by atoms with van der Waals surface area (Å²) in [6.45, 7) is 2.55. The zero-order valence-electron chi connectivity index (χ0n) is 14.5. The molecule has 2 aromatic rings. The first-order chi connectivity index (χ1) is 12.3. The quantitative estimate of drug-likeness (QED) is 0.824. The molecule has 3 heterocycles. The molecule has 2 aromatic heterocycles. The van der Waals surface area contributed by atoms with Crippen molar-refractivity contribution in [1.82, 2.24) is 20.2 Å². The maximum Gasteiger partial charge on any atom is 0.233 e. The molecule has 0 saturated carbocycles. The van der Waals surface area contributed by atoms with Crippen LogP contribution in [0.15, 0.2) is 18.3 Å². The van der Waals surface area contributed by atoms with Crippen molar-refractivity contribution in [1.29, 1.82) is 0 Å². The highest BCUT2D eigenvalue weighted by atomic mass is 16.5. The standard InChI is InChI=1S/C18H23N5O2/c1-24-16-5-8-19-18(20-16)23-9-6-13(7-10-23)12-25-17-11-14-3-2-4-15(14)21-22-17/h5,8,11,13H,2-4,6-7,9-10,12H2,1H3. The summed E-state index contributed by atoms with van der Waals surface area (Å²) in [5.41, 5.74) is 2.44. The van der Waals surface area contributed by atoms with Gasteiger partial charge >= 0.3 is 0 Å². The Morgan fingerprint density at radius 1 is 1.16 bits per heavy atom. The predicted octanol–water partition coefficient (Wildman–Crippen LogP) is 2.06. The van der Waals surface area contributed by atoms with Gasteiger partial charge < -0.3 is 14.4 Å². The number of fused-ring (bicyclic) bond motifs is 1. The minimum atomic E-state index is 0.525. The van der Waals surface area contributed by atoms with E-state index < -0.39 is 0 Å². The van der Waals surface area contributed by atoms with Gasteiger partial charge in [-0.3, -0.25) is 0 Å². The fourth-order valence-electron chi connectivity index (χ4n) is 3.48. The van der Waals surface area contributed by atoms with E-state index in [4.69, 9.17) is 9.47 Å². The van der Waals surface area contributed by atoms with Crippen molar-refractivity contribution in [3.63, 3.8) is 0 Å². The summed E-state index contributed by atoms with van der Waals surface area (Å²) in [5.74, 6) is 2.53. The van der Waals surface area contributed by atoms with E-state index in [9.17, 15) is 0 Å². The van der Waals surface area contributed by atoms with E-state index in [1.807, 2.05) is 0 Å². The zero-order chi connectivity index (χ0) is 17.1. The summed E-state index contributed by atoms with van der Waals surface area (Å²) in [6.07, 6.45) is 7.17. The molecule has 0 unspecified atom stereocenters. The molecule has 7 heteroatoms. The van der Waals surface area contributed by atoms with Crippen LogP contribution in [0.3, 0.4) is 0 Å². The van der Waals surface area contributed by atoms with Crippen molar-refractivity contribution >= 4 is 5.95 Å². The fourth-order valence-corrected chi connectivity index (χ4v) is 3.48. The number of ether oxygens (including phenoxy) is 2. The molecule has 1 aliphatic carbocycles. The summed E-state index contributed by atoms with van der Waals surface area (Å²) < 4.78 is 11.1. The van der Waals surface area contributed by atoms with E-state index in [1.54, 1.807) is 19.4 Å². The average Bonchev–Trinajstić information content (AvgIpc) is 3.14. The Morgan fingerprint density at radius 3 is 2.88 bits per heavy atom. The normalized spacial score (nSPS) is 17.4. The molecule has 0 radical (unpaired) electrons. The summed E-state index contributed by atoms with van der Waals surface area (Å²) in [6, 6.07) is 3.83. The highest BCUT2D eigenvalue weighted by Crippen LogP contribution is 2.24. The number of aromatic nitrogens is 4. The van der Waals surface area contributed by atoms with Crippen molar-refractivity contribution in [2.24, 2.45) is 5.92 Å². The molecule has 1 fully saturated rings. The van der Waals surface area contributed by atoms with Gasteiger partial charge in [-0.2, -0.15) is 10.1 Å². The van der Waals surface area contributed by atoms with Gasteiger partial charge in [-0.05, 0) is 43.6 Å². The minimum absolute atomic E-state index is 0.525. The monoisotopic (exact) mass is 341 g/mol. The van der Waals surface area contributed by atoms with Crippen molar-refractivity contribution in [3.8, 4) is 11.8 Å². The Labute approximate surface area is 147 Å². The largest absolute Gasteiger partial charge is 0.481 e. The van der Waals surface area contributed by atoms with Crippen LogP contribution in [-0.4, -0.2) is 47.0 Å². The second kappa shape index (κ2) is 7.21. The number of hydrogen-bond acceptors (Lipinski definition) is 7. The Morgan fingerprint density at radius 2 is 2.04 bits per heavy atom. The highest BCUT2D eigenvalue weighted by Gasteiger charge is 2.22. The van der Waals surface area contributed by atoms with Gasteiger partial charge in [0, 0.05) is 31.4 Å². The van der Waals surface area contributed by atoms with Crippen LogP contribution in [0.4, 0.5) is 5.95 Å². The van der Waals surface area contributed by atoms with Gasteiger partial charge in [-0.25, -0.2) is 4.98 Å². The zero-order valence-corrected chi connectivity index (χ0v) is 14.5. The summed E-state index contributed by atoms with van der Waals surface area (Å²) in [7, 11) is 1.62. The lowest BCUT2D eigenvalue weighted by atomic mass is 9.98. The lowest BCUT2D eigenvalue weighted by Crippen LogP contribution is -2.36. The summed E-state index contributed by atoms with van der Waals surface area (Å²) >= 11 is 0. The van der Waals surface area contributed by atoms with Gasteiger partial charge in [0.2, 0.25) is 17.7 Å². The molecule has 0 spiro atoms. The van der Waals surface area contributed by atoms with Crippen LogP contribution in [0.2, 0.25) is 0 Å². The van der Waals surface area contributed by atoms with Gasteiger partial charge in [0.25, 0.3) is 0 Å². The summed E-state index contributed by atoms with van der Waals surface area (Å²) in [5, 5.41) is 8.48. The lowest BCUT2D eigenvalue weighted by Gasteiger charge is -2.31. The van der Waals surface area contributed by atoms with Crippen LogP contribution in [0.1, 0.15) is 30.5 Å². The third-order valence-electron chi connectivity index (χ3n) is 4.99. The van der Waals surface area contributed by atoms with E-state index in [-0.39, 0.29) is 0 Å². The molecule has 1 saturated heterocycles. The van der Waals surface area contributed by atoms with Crippen LogP contribution in [-0.2, 0) is 12.8 Å². The third-order valence-corrected chi connectivity index (χ3v) is 4.99. The van der Waals surface area contributed by atoms with Gasteiger partial charge in [0.15, 0.2) is 0 Å². The number of piperidine rings is 1. The smallest absolute Gasteiger partial charge is 0.233 e. The molecule has 1 aliphatic heterocycles. The van der Waals surface area contributed by atoms with Crippen LogP contribution in [0, 0.1) is 5.92 Å². The number of aryl methyl sites for hydroxylation is 2. The summed E-state index contributed by atoms with van der Waals surface area (Å²) in [4.78, 5) is 11.0. The molecule has 0 atom stereocenters. The van der Waals surface area contributed by atoms with Crippen LogP contribution in [0.5, 0.6) is 11.8 Å². The molecule has 25 heavy (non-hydrogen) atoms. The first-order valence-corrected chi connectivity index (χ1v) is 8.92. The van der Waals surface area contributed by atoms with Crippen molar-refractivity contribution in [3.05, 3.63) is 29.6 Å². The number of anilines is 1. The maximum absolute atomic E-state index is 5.90. The molecule has 0 N–H and O–H groups in total. The molecular formula is C18H23N5O2. The molecular weight excluding hydrogens is 318 g/mol. The third kappa shape index (κ3) is 3.65. The molecule has 2 aliphatic rings. The topological polar surface area (TPSA) is 73.3 Å². The number of rotatable bonds is 5. The Bertz CT molecular complexity index is 731. The van der Waals surface area contributed by atoms with Gasteiger partial charge in [0.05, 0.1) is 19.4 Å². The second-order valence-corrected chi connectivity index (χ2v) is 6.65. The van der Waals surface area contributed by atoms with E-state index in [0.717, 1.165) is 50.4 Å². The van der Waals surface area contributed by atoms with Crippen molar-refractivity contribution < 1.29 is 9.47 Å². The average molecular weight is 341 g/mol. The molecule has 0 aromatic carbocycles. The minimum Gasteiger partial charge on any atom is -0.481 e. The SMILES string of the molecule is COc1ccnc(N2CCC(COc3cc4c(nn3)CCC4)CC2)n1. The van der Waals surface area contributed by atoms with E-state index in [2.05, 4.69) is 31.1 Å². The highest BCUT2D eigenvalue weighted by molar-refractivity contribution is 5.32. The number of nitrogens with zero attached hydrogens (tertiary/aromatic N) is 5. The first kappa shape index (κ1) is 16.1. The molecule has 4 rings (SSSR count). The molecule has 7 nitrogen and oxygen atoms in total. The Hall–Kier alpha value is -2.44. The van der Waals surface area contributed by atoms with Gasteiger partial charge in [-0.15, -0.1) is 5.10 Å². The van der Waals surface area contributed by atoms with E-state index >= 15 is 0 Å². The van der Waals surface area contributed by atoms with E-state index in [1.165, 1.54) is 12.0 Å². The van der Waals surface area contributed by atoms with Crippen molar-refractivity contribution in [2.75, 3.05) is 31.7 Å². The van der Waals surface area contributed by atoms with Crippen molar-refractivity contribution in [2.45, 2.75) is 32.1 Å². The number of hydrogen-bond donors (Lipinski definition) is 0. The van der Waals surface area contributed by atoms with E-state index in [0.29, 0.717) is 24.3 Å². The predicted molar refractivity (Wildman–Crippen MR) is 93.1 cm³/mol. The molecule has 0 bridgehead atoms. The van der Waals surface area contributed by atoms with Gasteiger partial charge in [0.1, 0.15) is 0 Å². The number of methoxy groups -OCH3 is 1. The maximum atomic E-state index is 5.90.